The molecule has 0 aliphatic rings. The van der Waals surface area contributed by atoms with Gasteiger partial charge in [0.05, 0.1) is 10.6 Å². The van der Waals surface area contributed by atoms with Gasteiger partial charge in [-0.15, -0.1) is 11.8 Å². The quantitative estimate of drug-likeness (QED) is 0.291. The van der Waals surface area contributed by atoms with Gasteiger partial charge in [-0.05, 0) is 49.4 Å². The zero-order valence-corrected chi connectivity index (χ0v) is 18.4. The molecule has 2 aromatic carbocycles. The molecular formula is C21H29N3O2S2. The van der Waals surface area contributed by atoms with Crippen LogP contribution < -0.4 is 5.32 Å². The molecule has 0 radical (unpaired) electrons. The Bertz CT molecular complexity index is 851. The fraction of sp³-hybridized carbons (Fsp3) is 0.381. The second kappa shape index (κ2) is 11.1. The first-order valence-corrected chi connectivity index (χ1v) is 12.2. The highest BCUT2D eigenvalue weighted by Crippen LogP contribution is 2.15. The second-order valence-corrected chi connectivity index (χ2v) is 9.41. The van der Waals surface area contributed by atoms with Gasteiger partial charge in [-0.1, -0.05) is 30.3 Å². The molecule has 1 N–H and O–H groups in total. The molecule has 0 heterocycles. The van der Waals surface area contributed by atoms with Crippen LogP contribution in [-0.4, -0.2) is 51.4 Å². The van der Waals surface area contributed by atoms with Crippen molar-refractivity contribution in [2.45, 2.75) is 29.7 Å². The van der Waals surface area contributed by atoms with E-state index in [4.69, 9.17) is 0 Å². The fourth-order valence-electron chi connectivity index (χ4n) is 2.73. The zero-order valence-electron chi connectivity index (χ0n) is 16.8. The van der Waals surface area contributed by atoms with Crippen LogP contribution in [0.5, 0.6) is 0 Å². The summed E-state index contributed by atoms with van der Waals surface area (Å²) in [5, 5.41) is 3.28. The van der Waals surface area contributed by atoms with Crippen LogP contribution in [0.3, 0.4) is 0 Å². The minimum absolute atomic E-state index is 0.0970. The van der Waals surface area contributed by atoms with Crippen molar-refractivity contribution in [1.29, 1.82) is 0 Å². The third-order valence-electron chi connectivity index (χ3n) is 4.21. The van der Waals surface area contributed by atoms with Crippen molar-refractivity contribution >= 4 is 27.6 Å². The highest BCUT2D eigenvalue weighted by molar-refractivity contribution is 7.98. The number of hydrogen-bond donors (Lipinski definition) is 1. The van der Waals surface area contributed by atoms with E-state index in [0.29, 0.717) is 17.9 Å². The van der Waals surface area contributed by atoms with E-state index in [2.05, 4.69) is 45.7 Å². The number of sulfone groups is 1. The minimum Gasteiger partial charge on any atom is -0.357 e. The monoisotopic (exact) mass is 419 g/mol. The second-order valence-electron chi connectivity index (χ2n) is 6.43. The minimum atomic E-state index is -3.25. The normalized spacial score (nSPS) is 12.0. The van der Waals surface area contributed by atoms with Crippen LogP contribution in [0.25, 0.3) is 0 Å². The molecule has 2 rings (SSSR count). The third kappa shape index (κ3) is 6.87. The molecule has 28 heavy (non-hydrogen) atoms. The van der Waals surface area contributed by atoms with Gasteiger partial charge in [-0.2, -0.15) is 0 Å². The molecule has 0 atom stereocenters. The van der Waals surface area contributed by atoms with Crippen molar-refractivity contribution in [1.82, 2.24) is 10.2 Å². The van der Waals surface area contributed by atoms with Gasteiger partial charge in [-0.25, -0.2) is 8.42 Å². The smallest absolute Gasteiger partial charge is 0.193 e. The van der Waals surface area contributed by atoms with Crippen LogP contribution in [-0.2, 0) is 16.4 Å². The molecule has 0 saturated carbocycles. The van der Waals surface area contributed by atoms with Crippen LogP contribution in [0, 0.1) is 0 Å². The highest BCUT2D eigenvalue weighted by Gasteiger charge is 2.13. The predicted molar refractivity (Wildman–Crippen MR) is 119 cm³/mol. The Labute approximate surface area is 173 Å². The summed E-state index contributed by atoms with van der Waals surface area (Å²) in [6.45, 7) is 3.99. The number of guanidine groups is 1. The first kappa shape index (κ1) is 22.3. The van der Waals surface area contributed by atoms with Crippen LogP contribution in [0.4, 0.5) is 0 Å². The van der Waals surface area contributed by atoms with E-state index in [0.717, 1.165) is 19.0 Å². The van der Waals surface area contributed by atoms with Crippen molar-refractivity contribution in [2.75, 3.05) is 32.1 Å². The van der Waals surface area contributed by atoms with Gasteiger partial charge in [0, 0.05) is 31.6 Å². The number of hydrogen-bond acceptors (Lipinski definition) is 4. The average molecular weight is 420 g/mol. The lowest BCUT2D eigenvalue weighted by molar-refractivity contribution is 0.476. The Morgan fingerprint density at radius 2 is 1.79 bits per heavy atom. The topological polar surface area (TPSA) is 61.8 Å². The Kier molecular flexibility index (Phi) is 8.86. The lowest BCUT2D eigenvalue weighted by atomic mass is 10.2. The molecule has 0 aliphatic heterocycles. The van der Waals surface area contributed by atoms with E-state index in [1.165, 1.54) is 10.5 Å². The molecule has 0 amide bonds. The number of nitrogens with zero attached hydrogens (tertiary/aromatic N) is 2. The van der Waals surface area contributed by atoms with Gasteiger partial charge in [0.2, 0.25) is 0 Å². The van der Waals surface area contributed by atoms with Crippen molar-refractivity contribution < 1.29 is 8.42 Å². The summed E-state index contributed by atoms with van der Waals surface area (Å²) in [5.41, 5.74) is 1.21. The van der Waals surface area contributed by atoms with Gasteiger partial charge in [-0.3, -0.25) is 4.99 Å². The maximum Gasteiger partial charge on any atom is 0.193 e. The summed E-state index contributed by atoms with van der Waals surface area (Å²) < 4.78 is 24.7. The largest absolute Gasteiger partial charge is 0.357 e. The molecule has 0 aliphatic carbocycles. The lowest BCUT2D eigenvalue weighted by Crippen LogP contribution is -2.38. The molecule has 0 saturated heterocycles. The molecule has 5 nitrogen and oxygen atoms in total. The summed E-state index contributed by atoms with van der Waals surface area (Å²) in [6, 6.07) is 17.1. The van der Waals surface area contributed by atoms with Crippen molar-refractivity contribution in [3.8, 4) is 0 Å². The maximum atomic E-state index is 12.4. The van der Waals surface area contributed by atoms with Crippen LogP contribution >= 0.6 is 11.8 Å². The van der Waals surface area contributed by atoms with Crippen molar-refractivity contribution in [3.63, 3.8) is 0 Å². The van der Waals surface area contributed by atoms with Gasteiger partial charge in [0.15, 0.2) is 15.8 Å². The van der Waals surface area contributed by atoms with Gasteiger partial charge in [0.1, 0.15) is 0 Å². The van der Waals surface area contributed by atoms with E-state index in [9.17, 15) is 8.42 Å². The molecule has 7 heteroatoms. The lowest BCUT2D eigenvalue weighted by Gasteiger charge is -2.22. The molecule has 0 bridgehead atoms. The van der Waals surface area contributed by atoms with E-state index < -0.39 is 9.84 Å². The molecule has 2 aromatic rings. The summed E-state index contributed by atoms with van der Waals surface area (Å²) in [5.74, 6) is 0.883. The van der Waals surface area contributed by atoms with Crippen LogP contribution in [0.1, 0.15) is 18.9 Å². The Hall–Kier alpha value is -1.99. The van der Waals surface area contributed by atoms with E-state index >= 15 is 0 Å². The van der Waals surface area contributed by atoms with E-state index in [1.54, 1.807) is 36.0 Å². The molecule has 0 aromatic heterocycles. The third-order valence-corrected chi connectivity index (χ3v) is 6.77. The number of thioether (sulfide) groups is 1. The average Bonchev–Trinajstić information content (AvgIpc) is 2.71. The van der Waals surface area contributed by atoms with Crippen molar-refractivity contribution in [2.24, 2.45) is 4.99 Å². The van der Waals surface area contributed by atoms with Crippen molar-refractivity contribution in [3.05, 3.63) is 60.2 Å². The predicted octanol–water partition coefficient (Wildman–Crippen LogP) is 3.67. The first-order valence-electron chi connectivity index (χ1n) is 9.36. The van der Waals surface area contributed by atoms with Crippen LogP contribution in [0.2, 0.25) is 0 Å². The van der Waals surface area contributed by atoms with E-state index in [1.807, 2.05) is 20.0 Å². The fourth-order valence-corrected chi connectivity index (χ4v) is 4.46. The molecular weight excluding hydrogens is 390 g/mol. The van der Waals surface area contributed by atoms with Gasteiger partial charge in [0.25, 0.3) is 0 Å². The Balaban J connectivity index is 1.93. The van der Waals surface area contributed by atoms with Gasteiger partial charge >= 0.3 is 0 Å². The highest BCUT2D eigenvalue weighted by atomic mass is 32.2. The Morgan fingerprint density at radius 3 is 2.39 bits per heavy atom. The van der Waals surface area contributed by atoms with E-state index in [-0.39, 0.29) is 5.75 Å². The number of benzene rings is 2. The summed E-state index contributed by atoms with van der Waals surface area (Å²) in [6.07, 6.45) is 2.55. The van der Waals surface area contributed by atoms with Crippen LogP contribution in [0.15, 0.2) is 69.4 Å². The Morgan fingerprint density at radius 1 is 1.11 bits per heavy atom. The standard InChI is InChI=1S/C21H29N3O2S2/c1-4-22-21(24(2)17-18-11-13-19(27-3)14-12-18)23-15-8-16-28(25,26)20-9-6-5-7-10-20/h5-7,9-14H,4,8,15-17H2,1-3H3,(H,22,23). The molecule has 0 fully saturated rings. The maximum absolute atomic E-state index is 12.4. The van der Waals surface area contributed by atoms with Gasteiger partial charge < -0.3 is 10.2 Å². The molecule has 0 unspecified atom stereocenters. The zero-order chi connectivity index (χ0) is 20.4. The summed E-state index contributed by atoms with van der Waals surface area (Å²) in [7, 11) is -1.26. The molecule has 0 spiro atoms. The number of aliphatic imine (C=N–C) groups is 1. The number of nitrogens with one attached hydrogen (secondary N) is 1. The summed E-state index contributed by atoms with van der Waals surface area (Å²) in [4.78, 5) is 8.28. The molecule has 152 valence electrons. The first-order chi connectivity index (χ1) is 13.5. The summed E-state index contributed by atoms with van der Waals surface area (Å²) >= 11 is 1.73. The SMILES string of the molecule is CCNC(=NCCCS(=O)(=O)c1ccccc1)N(C)Cc1ccc(SC)cc1. The number of rotatable bonds is 9.